The van der Waals surface area contributed by atoms with E-state index in [4.69, 9.17) is 0 Å². The van der Waals surface area contributed by atoms with Crippen LogP contribution in [-0.2, 0) is 6.42 Å². The summed E-state index contributed by atoms with van der Waals surface area (Å²) in [6.45, 7) is 3.56. The lowest BCUT2D eigenvalue weighted by Crippen LogP contribution is -2.25. The van der Waals surface area contributed by atoms with E-state index in [0.29, 0.717) is 6.54 Å². The maximum atomic E-state index is 12.4. The molecule has 0 amide bonds. The van der Waals surface area contributed by atoms with Gasteiger partial charge >= 0.3 is 0 Å². The van der Waals surface area contributed by atoms with Crippen LogP contribution in [0.2, 0.25) is 0 Å². The van der Waals surface area contributed by atoms with Gasteiger partial charge in [0.1, 0.15) is 11.6 Å². The summed E-state index contributed by atoms with van der Waals surface area (Å²) >= 11 is 0. The monoisotopic (exact) mass is 334 g/mol. The summed E-state index contributed by atoms with van der Waals surface area (Å²) in [5.74, 6) is 0. The smallest absolute Gasteiger partial charge is 0.268 e. The van der Waals surface area contributed by atoms with Crippen molar-refractivity contribution >= 4 is 16.6 Å². The second-order valence-electron chi connectivity index (χ2n) is 6.29. The maximum absolute atomic E-state index is 12.4. The molecule has 0 radical (unpaired) electrons. The summed E-state index contributed by atoms with van der Waals surface area (Å²) in [7, 11) is 0. The van der Waals surface area contributed by atoms with Crippen LogP contribution in [0.25, 0.3) is 10.9 Å². The van der Waals surface area contributed by atoms with E-state index < -0.39 is 0 Å². The number of benzene rings is 1. The number of H-pyrrole nitrogens is 1. The number of anilines is 1. The van der Waals surface area contributed by atoms with Gasteiger partial charge in [0.25, 0.3) is 5.56 Å². The first kappa shape index (κ1) is 15.4. The zero-order valence-corrected chi connectivity index (χ0v) is 13.9. The van der Waals surface area contributed by atoms with E-state index in [1.165, 1.54) is 5.56 Å². The van der Waals surface area contributed by atoms with E-state index in [1.54, 1.807) is 6.20 Å². The van der Waals surface area contributed by atoms with Crippen LogP contribution >= 0.6 is 0 Å². The molecule has 7 heteroatoms. The van der Waals surface area contributed by atoms with Crippen LogP contribution in [0.4, 0.5) is 5.69 Å². The van der Waals surface area contributed by atoms with Gasteiger partial charge in [0.15, 0.2) is 0 Å². The van der Waals surface area contributed by atoms with Gasteiger partial charge in [-0.15, -0.1) is 5.10 Å². The van der Waals surface area contributed by atoms with Gasteiger partial charge in [0, 0.05) is 24.7 Å². The van der Waals surface area contributed by atoms with E-state index in [1.807, 2.05) is 23.0 Å². The lowest BCUT2D eigenvalue weighted by molar-refractivity contribution is 0.479. The molecule has 1 fully saturated rings. The molecule has 2 aromatic heterocycles. The first-order valence-electron chi connectivity index (χ1n) is 8.41. The Morgan fingerprint density at radius 1 is 1.44 bits per heavy atom. The Morgan fingerprint density at radius 2 is 2.32 bits per heavy atom. The predicted molar refractivity (Wildman–Crippen MR) is 94.6 cm³/mol. The minimum absolute atomic E-state index is 0.181. The molecule has 1 aromatic carbocycles. The van der Waals surface area contributed by atoms with Gasteiger partial charge in [0.2, 0.25) is 0 Å². The highest BCUT2D eigenvalue weighted by Crippen LogP contribution is 2.33. The van der Waals surface area contributed by atoms with Crippen molar-refractivity contribution in [3.05, 3.63) is 52.1 Å². The van der Waals surface area contributed by atoms with E-state index >= 15 is 0 Å². The van der Waals surface area contributed by atoms with Crippen LogP contribution in [0.1, 0.15) is 30.5 Å². The third-order valence-electron chi connectivity index (χ3n) is 4.87. The molecule has 1 aliphatic rings. The number of pyridine rings is 1. The highest BCUT2D eigenvalue weighted by atomic mass is 16.1. The van der Waals surface area contributed by atoms with E-state index in [-0.39, 0.29) is 17.2 Å². The van der Waals surface area contributed by atoms with Crippen LogP contribution < -0.4 is 10.5 Å². The fraction of sp³-hybridized carbons (Fsp3) is 0.333. The minimum atomic E-state index is -0.335. The van der Waals surface area contributed by atoms with E-state index in [0.717, 1.165) is 36.0 Å². The average molecular weight is 334 g/mol. The molecule has 1 aliphatic heterocycles. The largest absolute Gasteiger partial charge is 0.368 e. The molecule has 1 atom stereocenters. The highest BCUT2D eigenvalue weighted by Gasteiger charge is 2.28. The van der Waals surface area contributed by atoms with Gasteiger partial charge in [0.05, 0.1) is 23.4 Å². The first-order valence-corrected chi connectivity index (χ1v) is 8.41. The Kier molecular flexibility index (Phi) is 3.73. The standard InChI is InChI=1S/C18H18N6O/c1-2-12-3-4-16-14(9-12)17(15(10-19)18(25)21-16)23-7-5-13(11-23)24-8-6-20-22-24/h3-4,6,8-9,13H,2,5,7,11H2,1H3,(H,21,25)/t13-/m1/s1. The summed E-state index contributed by atoms with van der Waals surface area (Å²) < 4.78 is 1.85. The van der Waals surface area contributed by atoms with Crippen LogP contribution in [0, 0.1) is 11.3 Å². The molecule has 3 heterocycles. The quantitative estimate of drug-likeness (QED) is 0.791. The van der Waals surface area contributed by atoms with Crippen molar-refractivity contribution in [1.82, 2.24) is 20.0 Å². The highest BCUT2D eigenvalue weighted by molar-refractivity contribution is 5.95. The molecule has 126 valence electrons. The second-order valence-corrected chi connectivity index (χ2v) is 6.29. The topological polar surface area (TPSA) is 90.6 Å². The van der Waals surface area contributed by atoms with Crippen molar-refractivity contribution < 1.29 is 0 Å². The normalized spacial score (nSPS) is 17.1. The average Bonchev–Trinajstić information content (AvgIpc) is 3.31. The number of aromatic nitrogens is 4. The lowest BCUT2D eigenvalue weighted by Gasteiger charge is -2.22. The number of fused-ring (bicyclic) bond motifs is 1. The molecule has 0 bridgehead atoms. The number of nitrogens with zero attached hydrogens (tertiary/aromatic N) is 5. The molecule has 1 saturated heterocycles. The van der Waals surface area contributed by atoms with Crippen LogP contribution in [0.5, 0.6) is 0 Å². The van der Waals surface area contributed by atoms with Gasteiger partial charge < -0.3 is 9.88 Å². The van der Waals surface area contributed by atoms with Crippen LogP contribution in [0.3, 0.4) is 0 Å². The number of aryl methyl sites for hydroxylation is 1. The summed E-state index contributed by atoms with van der Waals surface area (Å²) in [5, 5.41) is 18.5. The third kappa shape index (κ3) is 2.56. The van der Waals surface area contributed by atoms with E-state index in [9.17, 15) is 10.1 Å². The molecule has 7 nitrogen and oxygen atoms in total. The van der Waals surface area contributed by atoms with Gasteiger partial charge in [-0.05, 0) is 30.5 Å². The fourth-order valence-electron chi connectivity index (χ4n) is 3.55. The zero-order chi connectivity index (χ0) is 17.4. The zero-order valence-electron chi connectivity index (χ0n) is 13.9. The number of rotatable bonds is 3. The van der Waals surface area contributed by atoms with Gasteiger partial charge in [-0.25, -0.2) is 4.68 Å². The minimum Gasteiger partial charge on any atom is -0.368 e. The molecule has 0 spiro atoms. The number of nitrogens with one attached hydrogen (secondary N) is 1. The van der Waals surface area contributed by atoms with Gasteiger partial charge in [-0.1, -0.05) is 18.2 Å². The Hall–Kier alpha value is -3.14. The summed E-state index contributed by atoms with van der Waals surface area (Å²) in [5.41, 5.74) is 2.52. The van der Waals surface area contributed by atoms with Gasteiger partial charge in [-0.3, -0.25) is 4.79 Å². The van der Waals surface area contributed by atoms with Crippen LogP contribution in [0.15, 0.2) is 35.4 Å². The van der Waals surface area contributed by atoms with Crippen LogP contribution in [-0.4, -0.2) is 33.1 Å². The molecule has 0 aliphatic carbocycles. The molecule has 25 heavy (non-hydrogen) atoms. The molecule has 0 unspecified atom stereocenters. The second kappa shape index (κ2) is 6.06. The van der Waals surface area contributed by atoms with Gasteiger partial charge in [-0.2, -0.15) is 5.26 Å². The summed E-state index contributed by atoms with van der Waals surface area (Å²) in [4.78, 5) is 17.3. The third-order valence-corrected chi connectivity index (χ3v) is 4.87. The Morgan fingerprint density at radius 3 is 3.04 bits per heavy atom. The van der Waals surface area contributed by atoms with Crippen molar-refractivity contribution in [1.29, 1.82) is 5.26 Å². The Balaban J connectivity index is 1.85. The number of hydrogen-bond acceptors (Lipinski definition) is 5. The molecule has 4 rings (SSSR count). The Labute approximate surface area is 144 Å². The number of aromatic amines is 1. The number of hydrogen-bond donors (Lipinski definition) is 1. The molecule has 3 aromatic rings. The van der Waals surface area contributed by atoms with Crippen molar-refractivity contribution in [2.24, 2.45) is 0 Å². The van der Waals surface area contributed by atoms with Crippen molar-refractivity contribution in [3.8, 4) is 6.07 Å². The van der Waals surface area contributed by atoms with Crippen molar-refractivity contribution in [2.75, 3.05) is 18.0 Å². The SMILES string of the molecule is CCc1ccc2[nH]c(=O)c(C#N)c(N3CC[C@@H](n4ccnn4)C3)c2c1. The van der Waals surface area contributed by atoms with Crippen molar-refractivity contribution in [3.63, 3.8) is 0 Å². The summed E-state index contributed by atoms with van der Waals surface area (Å²) in [6, 6.07) is 8.30. The maximum Gasteiger partial charge on any atom is 0.268 e. The van der Waals surface area contributed by atoms with Crippen molar-refractivity contribution in [2.45, 2.75) is 25.8 Å². The molecule has 0 saturated carbocycles. The summed E-state index contributed by atoms with van der Waals surface area (Å²) in [6.07, 6.45) is 5.32. The first-order chi connectivity index (χ1) is 12.2. The lowest BCUT2D eigenvalue weighted by atomic mass is 10.0. The molecular formula is C18H18N6O. The molecule has 1 N–H and O–H groups in total. The predicted octanol–water partition coefficient (Wildman–Crippen LogP) is 2.01. The number of nitriles is 1. The fourth-order valence-corrected chi connectivity index (χ4v) is 3.55. The Bertz CT molecular complexity index is 1010. The van der Waals surface area contributed by atoms with E-state index in [2.05, 4.69) is 39.3 Å². The molecular weight excluding hydrogens is 316 g/mol.